The number of nitrogen functional groups attached to an aromatic ring is 1. The summed E-state index contributed by atoms with van der Waals surface area (Å²) < 4.78 is 0. The van der Waals surface area contributed by atoms with Crippen LogP contribution >= 0.6 is 12.4 Å². The van der Waals surface area contributed by atoms with E-state index in [2.05, 4.69) is 4.98 Å². The summed E-state index contributed by atoms with van der Waals surface area (Å²) in [6.07, 6.45) is 9.07. The van der Waals surface area contributed by atoms with Crippen LogP contribution in [-0.4, -0.2) is 28.9 Å². The largest absolute Gasteiger partial charge is 0.398 e. The van der Waals surface area contributed by atoms with E-state index in [0.29, 0.717) is 17.3 Å². The predicted octanol–water partition coefficient (Wildman–Crippen LogP) is 2.49. The molecule has 0 saturated heterocycles. The Kier molecular flexibility index (Phi) is 5.41. The molecule has 100 valence electrons. The average Bonchev–Trinajstić information content (AvgIpc) is 2.39. The van der Waals surface area contributed by atoms with Crippen LogP contribution < -0.4 is 5.73 Å². The quantitative estimate of drug-likeness (QED) is 0.897. The van der Waals surface area contributed by atoms with Gasteiger partial charge in [-0.15, -0.1) is 12.4 Å². The molecule has 1 fully saturated rings. The van der Waals surface area contributed by atoms with Crippen molar-refractivity contribution in [2.75, 3.05) is 12.8 Å². The van der Waals surface area contributed by atoms with E-state index in [0.717, 1.165) is 12.8 Å². The van der Waals surface area contributed by atoms with Gasteiger partial charge >= 0.3 is 0 Å². The zero-order chi connectivity index (χ0) is 12.3. The molecular weight excluding hydrogens is 250 g/mol. The van der Waals surface area contributed by atoms with Crippen LogP contribution in [0, 0.1) is 0 Å². The third-order valence-corrected chi connectivity index (χ3v) is 3.53. The summed E-state index contributed by atoms with van der Waals surface area (Å²) in [6, 6.07) is 2.03. The lowest BCUT2D eigenvalue weighted by atomic mass is 9.94. The highest BCUT2D eigenvalue weighted by molar-refractivity contribution is 5.98. The number of halogens is 1. The Bertz CT molecular complexity index is 405. The SMILES string of the molecule is CN(C(=O)c1cnccc1N)C1CCCCC1.Cl. The van der Waals surface area contributed by atoms with Crippen molar-refractivity contribution in [1.82, 2.24) is 9.88 Å². The van der Waals surface area contributed by atoms with Gasteiger partial charge in [0.1, 0.15) is 0 Å². The number of rotatable bonds is 2. The van der Waals surface area contributed by atoms with Gasteiger partial charge in [0.05, 0.1) is 5.56 Å². The van der Waals surface area contributed by atoms with E-state index < -0.39 is 0 Å². The van der Waals surface area contributed by atoms with Gasteiger partial charge in [0.2, 0.25) is 0 Å². The topological polar surface area (TPSA) is 59.2 Å². The summed E-state index contributed by atoms with van der Waals surface area (Å²) >= 11 is 0. The van der Waals surface area contributed by atoms with Gasteiger partial charge in [-0.1, -0.05) is 19.3 Å². The first kappa shape index (κ1) is 14.8. The fourth-order valence-corrected chi connectivity index (χ4v) is 2.41. The Morgan fingerprint density at radius 2 is 2.06 bits per heavy atom. The zero-order valence-electron chi connectivity index (χ0n) is 10.6. The number of carbonyl (C=O) groups excluding carboxylic acids is 1. The number of aromatic nitrogens is 1. The average molecular weight is 270 g/mol. The standard InChI is InChI=1S/C13H19N3O.ClH/c1-16(10-5-3-2-4-6-10)13(17)11-9-15-8-7-12(11)14;/h7-10H,2-6H2,1H3,(H2,14,15);1H. The lowest BCUT2D eigenvalue weighted by Crippen LogP contribution is -2.38. The normalized spacial score (nSPS) is 15.8. The van der Waals surface area contributed by atoms with Crippen LogP contribution in [0.4, 0.5) is 5.69 Å². The summed E-state index contributed by atoms with van der Waals surface area (Å²) in [6.45, 7) is 0. The minimum atomic E-state index is -0.0116. The second-order valence-corrected chi connectivity index (χ2v) is 4.67. The van der Waals surface area contributed by atoms with Crippen molar-refractivity contribution in [3.05, 3.63) is 24.0 Å². The number of hydrogen-bond donors (Lipinski definition) is 1. The molecule has 1 saturated carbocycles. The van der Waals surface area contributed by atoms with Gasteiger partial charge in [-0.3, -0.25) is 9.78 Å². The molecule has 1 aromatic rings. The van der Waals surface area contributed by atoms with Crippen LogP contribution in [0.5, 0.6) is 0 Å². The summed E-state index contributed by atoms with van der Waals surface area (Å²) in [7, 11) is 1.87. The number of pyridine rings is 1. The highest BCUT2D eigenvalue weighted by Crippen LogP contribution is 2.23. The van der Waals surface area contributed by atoms with Crippen molar-refractivity contribution in [2.45, 2.75) is 38.1 Å². The number of amides is 1. The van der Waals surface area contributed by atoms with E-state index in [4.69, 9.17) is 5.73 Å². The summed E-state index contributed by atoms with van der Waals surface area (Å²) in [5.74, 6) is -0.0116. The van der Waals surface area contributed by atoms with E-state index >= 15 is 0 Å². The summed E-state index contributed by atoms with van der Waals surface area (Å²) in [5.41, 5.74) is 6.82. The van der Waals surface area contributed by atoms with Crippen molar-refractivity contribution in [3.8, 4) is 0 Å². The molecule has 0 aromatic carbocycles. The maximum absolute atomic E-state index is 12.3. The van der Waals surface area contributed by atoms with E-state index in [-0.39, 0.29) is 18.3 Å². The molecular formula is C13H20ClN3O. The fourth-order valence-electron chi connectivity index (χ4n) is 2.41. The molecule has 18 heavy (non-hydrogen) atoms. The maximum Gasteiger partial charge on any atom is 0.257 e. The minimum absolute atomic E-state index is 0. The number of anilines is 1. The van der Waals surface area contributed by atoms with Gasteiger partial charge in [0.25, 0.3) is 5.91 Å². The molecule has 0 unspecified atom stereocenters. The van der Waals surface area contributed by atoms with Gasteiger partial charge in [0, 0.05) is 31.2 Å². The Morgan fingerprint density at radius 3 is 2.67 bits per heavy atom. The molecule has 1 aromatic heterocycles. The molecule has 5 heteroatoms. The first-order valence-electron chi connectivity index (χ1n) is 6.17. The third kappa shape index (κ3) is 3.13. The van der Waals surface area contributed by atoms with Crippen molar-refractivity contribution < 1.29 is 4.79 Å². The number of nitrogens with zero attached hydrogens (tertiary/aromatic N) is 2. The third-order valence-electron chi connectivity index (χ3n) is 3.53. The number of carbonyl (C=O) groups is 1. The van der Waals surface area contributed by atoms with E-state index in [1.807, 2.05) is 11.9 Å². The maximum atomic E-state index is 12.3. The van der Waals surface area contributed by atoms with Gasteiger partial charge in [-0.25, -0.2) is 0 Å². The first-order chi connectivity index (χ1) is 8.20. The van der Waals surface area contributed by atoms with Crippen LogP contribution in [0.15, 0.2) is 18.5 Å². The second kappa shape index (κ2) is 6.59. The predicted molar refractivity (Wildman–Crippen MR) is 74.9 cm³/mol. The Hall–Kier alpha value is -1.29. The van der Waals surface area contributed by atoms with Crippen LogP contribution in [-0.2, 0) is 0 Å². The van der Waals surface area contributed by atoms with Crippen molar-refractivity contribution >= 4 is 24.0 Å². The molecule has 1 amide bonds. The van der Waals surface area contributed by atoms with Gasteiger partial charge in [0.15, 0.2) is 0 Å². The molecule has 2 rings (SSSR count). The van der Waals surface area contributed by atoms with E-state index in [9.17, 15) is 4.79 Å². The molecule has 1 heterocycles. The van der Waals surface area contributed by atoms with E-state index in [1.165, 1.54) is 19.3 Å². The monoisotopic (exact) mass is 269 g/mol. The van der Waals surface area contributed by atoms with Crippen LogP contribution in [0.3, 0.4) is 0 Å². The Morgan fingerprint density at radius 1 is 1.39 bits per heavy atom. The van der Waals surface area contributed by atoms with Crippen LogP contribution in [0.2, 0.25) is 0 Å². The van der Waals surface area contributed by atoms with Crippen molar-refractivity contribution in [3.63, 3.8) is 0 Å². The van der Waals surface area contributed by atoms with Crippen molar-refractivity contribution in [1.29, 1.82) is 0 Å². The lowest BCUT2D eigenvalue weighted by molar-refractivity contribution is 0.0697. The molecule has 2 N–H and O–H groups in total. The Labute approximate surface area is 114 Å². The Balaban J connectivity index is 0.00000162. The fraction of sp³-hybridized carbons (Fsp3) is 0.538. The van der Waals surface area contributed by atoms with Crippen molar-refractivity contribution in [2.24, 2.45) is 0 Å². The van der Waals surface area contributed by atoms with E-state index in [1.54, 1.807) is 18.5 Å². The number of nitrogens with two attached hydrogens (primary N) is 1. The molecule has 1 aliphatic carbocycles. The second-order valence-electron chi connectivity index (χ2n) is 4.67. The minimum Gasteiger partial charge on any atom is -0.398 e. The van der Waals surface area contributed by atoms with Gasteiger partial charge in [-0.2, -0.15) is 0 Å². The smallest absolute Gasteiger partial charge is 0.257 e. The highest BCUT2D eigenvalue weighted by Gasteiger charge is 2.24. The summed E-state index contributed by atoms with van der Waals surface area (Å²) in [4.78, 5) is 18.1. The van der Waals surface area contributed by atoms with Gasteiger partial charge < -0.3 is 10.6 Å². The summed E-state index contributed by atoms with van der Waals surface area (Å²) in [5, 5.41) is 0. The number of hydrogen-bond acceptors (Lipinski definition) is 3. The lowest BCUT2D eigenvalue weighted by Gasteiger charge is -2.31. The molecule has 0 radical (unpaired) electrons. The molecule has 0 atom stereocenters. The zero-order valence-corrected chi connectivity index (χ0v) is 11.4. The molecule has 0 aliphatic heterocycles. The first-order valence-corrected chi connectivity index (χ1v) is 6.17. The molecule has 0 bridgehead atoms. The molecule has 4 nitrogen and oxygen atoms in total. The van der Waals surface area contributed by atoms with Crippen LogP contribution in [0.1, 0.15) is 42.5 Å². The molecule has 1 aliphatic rings. The highest BCUT2D eigenvalue weighted by atomic mass is 35.5. The van der Waals surface area contributed by atoms with Gasteiger partial charge in [-0.05, 0) is 18.9 Å². The van der Waals surface area contributed by atoms with Crippen LogP contribution in [0.25, 0.3) is 0 Å². The molecule has 0 spiro atoms.